The molecule has 4 rings (SSSR count). The molecule has 3 heteroatoms. The van der Waals surface area contributed by atoms with Gasteiger partial charge in [-0.25, -0.2) is 4.79 Å². The standard InChI is InChI=1S/C23H18O3/c1-2-25-21-11-7-16(8-12-21)13-20-15-22(26-23(20)24)19-10-9-17-5-3-4-6-18(17)14-19/h3-15H,2H2,1H3/b20-13-. The van der Waals surface area contributed by atoms with Gasteiger partial charge in [-0.1, -0.05) is 48.5 Å². The molecular weight excluding hydrogens is 324 g/mol. The third kappa shape index (κ3) is 3.24. The number of rotatable bonds is 4. The van der Waals surface area contributed by atoms with Crippen LogP contribution in [0.1, 0.15) is 18.1 Å². The van der Waals surface area contributed by atoms with Crippen molar-refractivity contribution in [3.63, 3.8) is 0 Å². The topological polar surface area (TPSA) is 35.5 Å². The lowest BCUT2D eigenvalue weighted by Crippen LogP contribution is -1.97. The van der Waals surface area contributed by atoms with Crippen LogP contribution in [0, 0.1) is 0 Å². The highest BCUT2D eigenvalue weighted by molar-refractivity contribution is 6.05. The van der Waals surface area contributed by atoms with Gasteiger partial charge in [0, 0.05) is 5.56 Å². The van der Waals surface area contributed by atoms with Crippen LogP contribution < -0.4 is 4.74 Å². The van der Waals surface area contributed by atoms with Gasteiger partial charge in [0.15, 0.2) is 0 Å². The van der Waals surface area contributed by atoms with Crippen molar-refractivity contribution >= 4 is 28.6 Å². The van der Waals surface area contributed by atoms with Crippen LogP contribution in [-0.4, -0.2) is 12.6 Å². The minimum Gasteiger partial charge on any atom is -0.494 e. The monoisotopic (exact) mass is 342 g/mol. The Morgan fingerprint density at radius 3 is 2.50 bits per heavy atom. The summed E-state index contributed by atoms with van der Waals surface area (Å²) in [5.41, 5.74) is 2.36. The molecule has 0 spiro atoms. The van der Waals surface area contributed by atoms with Crippen LogP contribution in [-0.2, 0) is 9.53 Å². The molecule has 0 fully saturated rings. The Balaban J connectivity index is 1.63. The van der Waals surface area contributed by atoms with Crippen molar-refractivity contribution in [2.24, 2.45) is 0 Å². The second kappa shape index (κ2) is 6.89. The minimum atomic E-state index is -0.331. The van der Waals surface area contributed by atoms with Gasteiger partial charge >= 0.3 is 5.97 Å². The van der Waals surface area contributed by atoms with Crippen molar-refractivity contribution in [1.82, 2.24) is 0 Å². The lowest BCUT2D eigenvalue weighted by atomic mass is 10.1. The van der Waals surface area contributed by atoms with E-state index in [9.17, 15) is 4.79 Å². The predicted molar refractivity (Wildman–Crippen MR) is 104 cm³/mol. The summed E-state index contributed by atoms with van der Waals surface area (Å²) >= 11 is 0. The Bertz CT molecular complexity index is 1030. The molecule has 1 aliphatic heterocycles. The average molecular weight is 342 g/mol. The molecule has 3 aromatic carbocycles. The lowest BCUT2D eigenvalue weighted by Gasteiger charge is -2.04. The van der Waals surface area contributed by atoms with Crippen molar-refractivity contribution in [2.75, 3.05) is 6.61 Å². The molecule has 0 aromatic heterocycles. The van der Waals surface area contributed by atoms with Crippen molar-refractivity contribution in [2.45, 2.75) is 6.92 Å². The third-order valence-electron chi connectivity index (χ3n) is 4.27. The van der Waals surface area contributed by atoms with Crippen molar-refractivity contribution in [3.8, 4) is 5.75 Å². The Hall–Kier alpha value is -3.33. The molecule has 3 nitrogen and oxygen atoms in total. The van der Waals surface area contributed by atoms with E-state index in [1.165, 1.54) is 0 Å². The van der Waals surface area contributed by atoms with Crippen LogP contribution in [0.4, 0.5) is 0 Å². The molecule has 0 saturated heterocycles. The number of carbonyl (C=O) groups excluding carboxylic acids is 1. The number of hydrogen-bond acceptors (Lipinski definition) is 3. The highest BCUT2D eigenvalue weighted by Crippen LogP contribution is 2.29. The van der Waals surface area contributed by atoms with Gasteiger partial charge < -0.3 is 9.47 Å². The van der Waals surface area contributed by atoms with Gasteiger partial charge in [0.1, 0.15) is 11.5 Å². The number of benzene rings is 3. The molecule has 3 aromatic rings. The number of ether oxygens (including phenoxy) is 2. The quantitative estimate of drug-likeness (QED) is 0.482. The molecule has 1 aliphatic rings. The van der Waals surface area contributed by atoms with Gasteiger partial charge in [-0.05, 0) is 53.6 Å². The third-order valence-corrected chi connectivity index (χ3v) is 4.27. The van der Waals surface area contributed by atoms with E-state index in [1.807, 2.05) is 73.7 Å². The number of esters is 1. The van der Waals surface area contributed by atoms with Gasteiger partial charge in [-0.3, -0.25) is 0 Å². The van der Waals surface area contributed by atoms with Crippen LogP contribution in [0.2, 0.25) is 0 Å². The van der Waals surface area contributed by atoms with E-state index in [0.29, 0.717) is 17.9 Å². The van der Waals surface area contributed by atoms with Crippen LogP contribution in [0.5, 0.6) is 5.75 Å². The van der Waals surface area contributed by atoms with Crippen LogP contribution in [0.15, 0.2) is 78.4 Å². The summed E-state index contributed by atoms with van der Waals surface area (Å²) in [6, 6.07) is 21.8. The zero-order valence-electron chi connectivity index (χ0n) is 14.4. The molecule has 0 saturated carbocycles. The molecule has 0 atom stereocenters. The first-order valence-corrected chi connectivity index (χ1v) is 8.60. The van der Waals surface area contributed by atoms with E-state index in [0.717, 1.165) is 27.6 Å². The van der Waals surface area contributed by atoms with Crippen molar-refractivity contribution in [1.29, 1.82) is 0 Å². The summed E-state index contributed by atoms with van der Waals surface area (Å²) in [5, 5.41) is 2.28. The zero-order chi connectivity index (χ0) is 17.9. The number of carbonyl (C=O) groups is 1. The van der Waals surface area contributed by atoms with Crippen molar-refractivity contribution < 1.29 is 14.3 Å². The molecule has 0 N–H and O–H groups in total. The summed E-state index contributed by atoms with van der Waals surface area (Å²) in [5.74, 6) is 1.07. The first-order chi connectivity index (χ1) is 12.7. The Morgan fingerprint density at radius 1 is 0.962 bits per heavy atom. The Labute approximate surface area is 152 Å². The normalized spacial score (nSPS) is 15.2. The molecule has 0 radical (unpaired) electrons. The van der Waals surface area contributed by atoms with E-state index < -0.39 is 0 Å². The fourth-order valence-electron chi connectivity index (χ4n) is 2.98. The van der Waals surface area contributed by atoms with E-state index in [2.05, 4.69) is 6.07 Å². The maximum atomic E-state index is 12.2. The maximum absolute atomic E-state index is 12.2. The van der Waals surface area contributed by atoms with Gasteiger partial charge in [-0.15, -0.1) is 0 Å². The zero-order valence-corrected chi connectivity index (χ0v) is 14.4. The van der Waals surface area contributed by atoms with Crippen LogP contribution in [0.25, 0.3) is 22.6 Å². The van der Waals surface area contributed by atoms with Crippen LogP contribution >= 0.6 is 0 Å². The van der Waals surface area contributed by atoms with E-state index in [-0.39, 0.29) is 5.97 Å². The second-order valence-corrected chi connectivity index (χ2v) is 6.06. The molecule has 0 amide bonds. The summed E-state index contributed by atoms with van der Waals surface area (Å²) < 4.78 is 10.9. The summed E-state index contributed by atoms with van der Waals surface area (Å²) in [4.78, 5) is 12.2. The highest BCUT2D eigenvalue weighted by atomic mass is 16.5. The second-order valence-electron chi connectivity index (χ2n) is 6.06. The Kier molecular flexibility index (Phi) is 4.28. The van der Waals surface area contributed by atoms with Crippen molar-refractivity contribution in [3.05, 3.63) is 89.5 Å². The average Bonchev–Trinajstić information content (AvgIpc) is 3.04. The molecule has 0 unspecified atom stereocenters. The van der Waals surface area contributed by atoms with Crippen LogP contribution in [0.3, 0.4) is 0 Å². The first-order valence-electron chi connectivity index (χ1n) is 8.60. The molecule has 26 heavy (non-hydrogen) atoms. The largest absolute Gasteiger partial charge is 0.494 e. The predicted octanol–water partition coefficient (Wildman–Crippen LogP) is 5.22. The summed E-state index contributed by atoms with van der Waals surface area (Å²) in [7, 11) is 0. The lowest BCUT2D eigenvalue weighted by molar-refractivity contribution is -0.130. The molecular formula is C23H18O3. The van der Waals surface area contributed by atoms with E-state index >= 15 is 0 Å². The molecule has 0 bridgehead atoms. The molecule has 1 heterocycles. The summed E-state index contributed by atoms with van der Waals surface area (Å²) in [6.45, 7) is 2.58. The molecule has 128 valence electrons. The Morgan fingerprint density at radius 2 is 1.73 bits per heavy atom. The maximum Gasteiger partial charge on any atom is 0.343 e. The highest BCUT2D eigenvalue weighted by Gasteiger charge is 2.22. The molecule has 0 aliphatic carbocycles. The SMILES string of the molecule is CCOc1ccc(/C=C2/C=C(c3ccc4ccccc4c3)OC2=O)cc1. The smallest absolute Gasteiger partial charge is 0.343 e. The first kappa shape index (κ1) is 16.2. The van der Waals surface area contributed by atoms with E-state index in [4.69, 9.17) is 9.47 Å². The van der Waals surface area contributed by atoms with Gasteiger partial charge in [0.2, 0.25) is 0 Å². The van der Waals surface area contributed by atoms with Gasteiger partial charge in [-0.2, -0.15) is 0 Å². The van der Waals surface area contributed by atoms with Gasteiger partial charge in [0.25, 0.3) is 0 Å². The number of hydrogen-bond donors (Lipinski definition) is 0. The van der Waals surface area contributed by atoms with E-state index in [1.54, 1.807) is 6.08 Å². The summed E-state index contributed by atoms with van der Waals surface area (Å²) in [6.07, 6.45) is 3.62. The fraction of sp³-hybridized carbons (Fsp3) is 0.0870. The minimum absolute atomic E-state index is 0.331. The van der Waals surface area contributed by atoms with Gasteiger partial charge in [0.05, 0.1) is 12.2 Å². The number of cyclic esters (lactones) is 1. The number of fused-ring (bicyclic) bond motifs is 1. The fourth-order valence-corrected chi connectivity index (χ4v) is 2.98.